The molecule has 1 atom stereocenters. The van der Waals surface area contributed by atoms with Crippen LogP contribution >= 0.6 is 0 Å². The summed E-state index contributed by atoms with van der Waals surface area (Å²) < 4.78 is 1.82. The summed E-state index contributed by atoms with van der Waals surface area (Å²) in [7, 11) is 3.95. The maximum atomic E-state index is 13.0. The number of hydrogen-bond acceptors (Lipinski definition) is 6. The van der Waals surface area contributed by atoms with Crippen LogP contribution in [0.15, 0.2) is 43.1 Å². The third-order valence-corrected chi connectivity index (χ3v) is 5.00. The Balaban J connectivity index is 1.67. The van der Waals surface area contributed by atoms with Gasteiger partial charge in [0, 0.05) is 44.8 Å². The van der Waals surface area contributed by atoms with E-state index in [-0.39, 0.29) is 11.9 Å². The molecular weight excluding hydrogens is 354 g/mol. The van der Waals surface area contributed by atoms with E-state index < -0.39 is 0 Å². The number of rotatable bonds is 4. The average molecular weight is 377 g/mol. The highest BCUT2D eigenvalue weighted by molar-refractivity contribution is 5.80. The minimum absolute atomic E-state index is 0.0630. The number of hydrogen-bond donors (Lipinski definition) is 0. The smallest absolute Gasteiger partial charge is 0.245 e. The van der Waals surface area contributed by atoms with Crippen molar-refractivity contribution in [2.45, 2.75) is 25.9 Å². The number of carbonyl (C=O) groups excluding carboxylic acids is 1. The second kappa shape index (κ2) is 7.38. The molecule has 0 unspecified atom stereocenters. The molecule has 3 aromatic rings. The van der Waals surface area contributed by atoms with E-state index in [0.29, 0.717) is 18.9 Å². The first-order chi connectivity index (χ1) is 13.5. The highest BCUT2D eigenvalue weighted by Crippen LogP contribution is 2.28. The van der Waals surface area contributed by atoms with Crippen LogP contribution in [0, 0.1) is 0 Å². The van der Waals surface area contributed by atoms with Crippen molar-refractivity contribution in [3.63, 3.8) is 0 Å². The summed E-state index contributed by atoms with van der Waals surface area (Å²) >= 11 is 0. The third kappa shape index (κ3) is 3.33. The van der Waals surface area contributed by atoms with Gasteiger partial charge in [-0.2, -0.15) is 0 Å². The maximum Gasteiger partial charge on any atom is 0.245 e. The molecule has 1 aliphatic heterocycles. The number of carbonyl (C=O) groups is 1. The fraction of sp³-hybridized carbons (Fsp3) is 0.350. The van der Waals surface area contributed by atoms with E-state index in [1.165, 1.54) is 0 Å². The van der Waals surface area contributed by atoms with Crippen molar-refractivity contribution in [3.8, 4) is 11.5 Å². The van der Waals surface area contributed by atoms with Gasteiger partial charge in [-0.25, -0.2) is 15.0 Å². The third-order valence-electron chi connectivity index (χ3n) is 5.00. The van der Waals surface area contributed by atoms with Crippen LogP contribution < -0.4 is 4.90 Å². The van der Waals surface area contributed by atoms with Crippen molar-refractivity contribution in [2.24, 2.45) is 0 Å². The van der Waals surface area contributed by atoms with E-state index in [1.807, 2.05) is 59.8 Å². The molecule has 0 bridgehead atoms. The van der Waals surface area contributed by atoms with Gasteiger partial charge in [-0.1, -0.05) is 6.07 Å². The number of fused-ring (bicyclic) bond motifs is 1. The first kappa shape index (κ1) is 18.1. The van der Waals surface area contributed by atoms with E-state index in [9.17, 15) is 4.79 Å². The molecule has 28 heavy (non-hydrogen) atoms. The Kier molecular flexibility index (Phi) is 4.77. The summed E-state index contributed by atoms with van der Waals surface area (Å²) in [5.41, 5.74) is 2.71. The Labute approximate surface area is 163 Å². The van der Waals surface area contributed by atoms with E-state index in [4.69, 9.17) is 9.97 Å². The van der Waals surface area contributed by atoms with Crippen molar-refractivity contribution in [2.75, 3.05) is 25.5 Å². The Morgan fingerprint density at radius 3 is 2.75 bits per heavy atom. The number of imidazole rings is 1. The second-order valence-electron chi connectivity index (χ2n) is 7.10. The summed E-state index contributed by atoms with van der Waals surface area (Å²) in [6.07, 6.45) is 7.63. The van der Waals surface area contributed by atoms with E-state index in [1.54, 1.807) is 18.7 Å². The summed E-state index contributed by atoms with van der Waals surface area (Å²) in [6.45, 7) is 3.01. The molecule has 0 N–H and O–H groups in total. The number of pyridine rings is 1. The van der Waals surface area contributed by atoms with Gasteiger partial charge < -0.3 is 14.4 Å². The molecule has 0 spiro atoms. The van der Waals surface area contributed by atoms with E-state index >= 15 is 0 Å². The van der Waals surface area contributed by atoms with Crippen molar-refractivity contribution in [1.82, 2.24) is 29.4 Å². The highest BCUT2D eigenvalue weighted by atomic mass is 16.2. The van der Waals surface area contributed by atoms with E-state index in [2.05, 4.69) is 9.97 Å². The lowest BCUT2D eigenvalue weighted by Gasteiger charge is -2.32. The van der Waals surface area contributed by atoms with Gasteiger partial charge in [-0.3, -0.25) is 9.78 Å². The number of amides is 1. The lowest BCUT2D eigenvalue weighted by atomic mass is 10.0. The van der Waals surface area contributed by atoms with Crippen molar-refractivity contribution in [1.29, 1.82) is 0 Å². The van der Waals surface area contributed by atoms with Crippen LogP contribution in [-0.4, -0.2) is 56.0 Å². The van der Waals surface area contributed by atoms with Crippen LogP contribution in [0.2, 0.25) is 0 Å². The molecule has 0 aliphatic carbocycles. The molecule has 0 saturated heterocycles. The van der Waals surface area contributed by atoms with Crippen LogP contribution in [0.1, 0.15) is 24.2 Å². The Hall–Kier alpha value is -3.29. The molecule has 3 aromatic heterocycles. The molecule has 144 valence electrons. The summed E-state index contributed by atoms with van der Waals surface area (Å²) in [5.74, 6) is 1.54. The largest absolute Gasteiger partial charge is 0.362 e. The zero-order valence-corrected chi connectivity index (χ0v) is 16.3. The Morgan fingerprint density at radius 2 is 2.07 bits per heavy atom. The molecule has 0 saturated carbocycles. The fourth-order valence-corrected chi connectivity index (χ4v) is 3.47. The van der Waals surface area contributed by atoms with Crippen molar-refractivity contribution >= 4 is 11.7 Å². The SMILES string of the molecule is C[C@H](C(=O)N1CCc2c(nc(-c3ccccn3)nc2N(C)C)C1)n1ccnc1. The summed E-state index contributed by atoms with van der Waals surface area (Å²) in [5, 5.41) is 0. The molecule has 1 amide bonds. The molecule has 4 rings (SSSR count). The van der Waals surface area contributed by atoms with Gasteiger partial charge in [0.05, 0.1) is 18.6 Å². The predicted molar refractivity (Wildman–Crippen MR) is 106 cm³/mol. The Morgan fingerprint density at radius 1 is 1.21 bits per heavy atom. The van der Waals surface area contributed by atoms with Gasteiger partial charge in [0.25, 0.3) is 0 Å². The second-order valence-corrected chi connectivity index (χ2v) is 7.10. The minimum Gasteiger partial charge on any atom is -0.362 e. The lowest BCUT2D eigenvalue weighted by molar-refractivity contribution is -0.135. The number of nitrogens with zero attached hydrogens (tertiary/aromatic N) is 7. The molecule has 8 nitrogen and oxygen atoms in total. The zero-order chi connectivity index (χ0) is 19.7. The lowest BCUT2D eigenvalue weighted by Crippen LogP contribution is -2.40. The van der Waals surface area contributed by atoms with Crippen molar-refractivity contribution < 1.29 is 4.79 Å². The molecule has 0 radical (unpaired) electrons. The molecule has 1 aliphatic rings. The zero-order valence-electron chi connectivity index (χ0n) is 16.3. The topological polar surface area (TPSA) is 80.0 Å². The normalized spacial score (nSPS) is 14.5. The number of aromatic nitrogens is 5. The van der Waals surface area contributed by atoms with Gasteiger partial charge in [-0.15, -0.1) is 0 Å². The van der Waals surface area contributed by atoms with Crippen LogP contribution in [0.3, 0.4) is 0 Å². The monoisotopic (exact) mass is 377 g/mol. The quantitative estimate of drug-likeness (QED) is 0.691. The first-order valence-electron chi connectivity index (χ1n) is 9.29. The molecule has 0 fully saturated rings. The standard InChI is InChI=1S/C20H23N7O/c1-14(27-11-9-21-13-27)20(28)26-10-7-15-17(12-26)23-18(24-19(15)25(2)3)16-6-4-5-8-22-16/h4-6,8-9,11,13-14H,7,10,12H2,1-3H3/t14-/m1/s1. The average Bonchev–Trinajstić information content (AvgIpc) is 3.26. The van der Waals surface area contributed by atoms with Gasteiger partial charge >= 0.3 is 0 Å². The molecular formula is C20H23N7O. The summed E-state index contributed by atoms with van der Waals surface area (Å²) in [6, 6.07) is 5.39. The van der Waals surface area contributed by atoms with Gasteiger partial charge in [0.1, 0.15) is 17.6 Å². The maximum absolute atomic E-state index is 13.0. The Bertz CT molecular complexity index is 970. The van der Waals surface area contributed by atoms with E-state index in [0.717, 1.165) is 29.2 Å². The first-order valence-corrected chi connectivity index (χ1v) is 9.29. The van der Waals surface area contributed by atoms with Gasteiger partial charge in [0.15, 0.2) is 5.82 Å². The highest BCUT2D eigenvalue weighted by Gasteiger charge is 2.29. The minimum atomic E-state index is -0.297. The number of anilines is 1. The van der Waals surface area contributed by atoms with Crippen LogP contribution in [0.5, 0.6) is 0 Å². The van der Waals surface area contributed by atoms with Crippen molar-refractivity contribution in [3.05, 3.63) is 54.4 Å². The van der Waals surface area contributed by atoms with Crippen LogP contribution in [0.4, 0.5) is 5.82 Å². The van der Waals surface area contributed by atoms with Gasteiger partial charge in [0.2, 0.25) is 5.91 Å². The van der Waals surface area contributed by atoms with Crippen LogP contribution in [0.25, 0.3) is 11.5 Å². The predicted octanol–water partition coefficient (Wildman–Crippen LogP) is 1.95. The molecule has 4 heterocycles. The van der Waals surface area contributed by atoms with Gasteiger partial charge in [-0.05, 0) is 25.5 Å². The van der Waals surface area contributed by atoms with Crippen LogP contribution in [-0.2, 0) is 17.8 Å². The molecule has 0 aromatic carbocycles. The molecule has 8 heteroatoms. The summed E-state index contributed by atoms with van der Waals surface area (Å²) in [4.78, 5) is 34.8. The fourth-order valence-electron chi connectivity index (χ4n) is 3.47.